The van der Waals surface area contributed by atoms with Crippen LogP contribution in [0.15, 0.2) is 24.3 Å². The van der Waals surface area contributed by atoms with Gasteiger partial charge in [-0.05, 0) is 43.5 Å². The quantitative estimate of drug-likeness (QED) is 0.764. The van der Waals surface area contributed by atoms with Gasteiger partial charge in [-0.3, -0.25) is 0 Å². The number of ether oxygens (including phenoxy) is 1. The average molecular weight is 237 g/mol. The van der Waals surface area contributed by atoms with Gasteiger partial charge in [-0.15, -0.1) is 0 Å². The Kier molecular flexibility index (Phi) is 6.01. The lowest BCUT2D eigenvalue weighted by Crippen LogP contribution is -2.23. The van der Waals surface area contributed by atoms with Crippen molar-refractivity contribution in [3.05, 3.63) is 29.8 Å². The zero-order valence-corrected chi connectivity index (χ0v) is 10.9. The Labute approximate surface area is 104 Å². The molecule has 0 aliphatic heterocycles. The van der Waals surface area contributed by atoms with Gasteiger partial charge in [-0.1, -0.05) is 19.1 Å². The number of nitrogens with one attached hydrogen (secondary N) is 1. The molecule has 0 spiro atoms. The number of methoxy groups -OCH3 is 1. The van der Waals surface area contributed by atoms with Crippen molar-refractivity contribution in [1.82, 2.24) is 5.32 Å². The van der Waals surface area contributed by atoms with Crippen molar-refractivity contribution in [3.63, 3.8) is 0 Å². The van der Waals surface area contributed by atoms with E-state index in [4.69, 9.17) is 4.74 Å². The SMILES string of the molecule is COc1ccc(CNCC(C)CC(C)O)cc1. The molecule has 0 saturated carbocycles. The van der Waals surface area contributed by atoms with E-state index in [0.29, 0.717) is 5.92 Å². The van der Waals surface area contributed by atoms with Crippen LogP contribution in [0.25, 0.3) is 0 Å². The molecule has 3 nitrogen and oxygen atoms in total. The normalized spacial score (nSPS) is 14.4. The Balaban J connectivity index is 2.25. The molecule has 17 heavy (non-hydrogen) atoms. The Morgan fingerprint density at radius 3 is 2.41 bits per heavy atom. The van der Waals surface area contributed by atoms with Crippen molar-refractivity contribution in [1.29, 1.82) is 0 Å². The van der Waals surface area contributed by atoms with Gasteiger partial charge in [-0.25, -0.2) is 0 Å². The van der Waals surface area contributed by atoms with Gasteiger partial charge in [-0.2, -0.15) is 0 Å². The van der Waals surface area contributed by atoms with E-state index in [1.54, 1.807) is 7.11 Å². The topological polar surface area (TPSA) is 41.5 Å². The summed E-state index contributed by atoms with van der Waals surface area (Å²) in [7, 11) is 1.67. The molecule has 0 fully saturated rings. The maximum Gasteiger partial charge on any atom is 0.118 e. The molecule has 2 unspecified atom stereocenters. The molecule has 0 heterocycles. The van der Waals surface area contributed by atoms with Gasteiger partial charge < -0.3 is 15.2 Å². The average Bonchev–Trinajstić information content (AvgIpc) is 2.29. The Morgan fingerprint density at radius 1 is 1.24 bits per heavy atom. The summed E-state index contributed by atoms with van der Waals surface area (Å²) in [6.07, 6.45) is 0.628. The predicted molar refractivity (Wildman–Crippen MR) is 70.2 cm³/mol. The molecule has 0 aliphatic rings. The third-order valence-electron chi connectivity index (χ3n) is 2.72. The van der Waals surface area contributed by atoms with Gasteiger partial charge in [0.05, 0.1) is 13.2 Å². The van der Waals surface area contributed by atoms with Crippen molar-refractivity contribution >= 4 is 0 Å². The lowest BCUT2D eigenvalue weighted by molar-refractivity contribution is 0.163. The second-order valence-corrected chi connectivity index (χ2v) is 4.67. The minimum Gasteiger partial charge on any atom is -0.497 e. The molecule has 3 heteroatoms. The van der Waals surface area contributed by atoms with E-state index in [-0.39, 0.29) is 6.10 Å². The molecule has 1 aromatic rings. The van der Waals surface area contributed by atoms with Crippen LogP contribution in [0.5, 0.6) is 5.75 Å². The van der Waals surface area contributed by atoms with Crippen LogP contribution < -0.4 is 10.1 Å². The monoisotopic (exact) mass is 237 g/mol. The minimum absolute atomic E-state index is 0.215. The summed E-state index contributed by atoms with van der Waals surface area (Å²) in [6.45, 7) is 5.76. The molecule has 2 atom stereocenters. The van der Waals surface area contributed by atoms with E-state index in [9.17, 15) is 5.11 Å². The zero-order chi connectivity index (χ0) is 12.7. The van der Waals surface area contributed by atoms with Crippen LogP contribution in [0.4, 0.5) is 0 Å². The highest BCUT2D eigenvalue weighted by molar-refractivity contribution is 5.26. The fourth-order valence-electron chi connectivity index (χ4n) is 1.87. The standard InChI is InChI=1S/C14H23NO2/c1-11(8-12(2)16)9-15-10-13-4-6-14(17-3)7-5-13/h4-7,11-12,15-16H,8-10H2,1-3H3. The highest BCUT2D eigenvalue weighted by Gasteiger charge is 2.05. The van der Waals surface area contributed by atoms with E-state index < -0.39 is 0 Å². The number of aliphatic hydroxyl groups excluding tert-OH is 1. The fourth-order valence-corrected chi connectivity index (χ4v) is 1.87. The Bertz CT molecular complexity index is 309. The molecular formula is C14H23NO2. The second kappa shape index (κ2) is 7.30. The molecule has 1 aromatic carbocycles. The maximum atomic E-state index is 9.26. The maximum absolute atomic E-state index is 9.26. The first-order valence-corrected chi connectivity index (χ1v) is 6.13. The third kappa shape index (κ3) is 5.71. The minimum atomic E-state index is -0.215. The fraction of sp³-hybridized carbons (Fsp3) is 0.571. The van der Waals surface area contributed by atoms with E-state index >= 15 is 0 Å². The largest absolute Gasteiger partial charge is 0.497 e. The number of aliphatic hydroxyl groups is 1. The summed E-state index contributed by atoms with van der Waals surface area (Å²) in [6, 6.07) is 8.06. The van der Waals surface area contributed by atoms with Crippen LogP contribution in [0.3, 0.4) is 0 Å². The molecule has 0 amide bonds. The van der Waals surface area contributed by atoms with Crippen LogP contribution >= 0.6 is 0 Å². The van der Waals surface area contributed by atoms with Crippen molar-refractivity contribution < 1.29 is 9.84 Å². The first-order valence-electron chi connectivity index (χ1n) is 6.13. The van der Waals surface area contributed by atoms with Crippen molar-refractivity contribution in [2.45, 2.75) is 32.9 Å². The first-order chi connectivity index (χ1) is 8.11. The summed E-state index contributed by atoms with van der Waals surface area (Å²) < 4.78 is 5.11. The summed E-state index contributed by atoms with van der Waals surface area (Å²) in [4.78, 5) is 0. The molecular weight excluding hydrogens is 214 g/mol. The van der Waals surface area contributed by atoms with Gasteiger partial charge in [0.1, 0.15) is 5.75 Å². The van der Waals surface area contributed by atoms with Gasteiger partial charge in [0, 0.05) is 6.54 Å². The van der Waals surface area contributed by atoms with Crippen LogP contribution in [0.1, 0.15) is 25.8 Å². The van der Waals surface area contributed by atoms with E-state index in [1.165, 1.54) is 5.56 Å². The summed E-state index contributed by atoms with van der Waals surface area (Å²) in [5.41, 5.74) is 1.25. The predicted octanol–water partition coefficient (Wildman–Crippen LogP) is 2.19. The summed E-state index contributed by atoms with van der Waals surface area (Å²) >= 11 is 0. The number of hydrogen-bond donors (Lipinski definition) is 2. The Morgan fingerprint density at radius 2 is 1.88 bits per heavy atom. The summed E-state index contributed by atoms with van der Waals surface area (Å²) in [5.74, 6) is 1.38. The first kappa shape index (κ1) is 14.0. The smallest absolute Gasteiger partial charge is 0.118 e. The van der Waals surface area contributed by atoms with Gasteiger partial charge >= 0.3 is 0 Å². The van der Waals surface area contributed by atoms with Gasteiger partial charge in [0.2, 0.25) is 0 Å². The molecule has 0 saturated heterocycles. The summed E-state index contributed by atoms with van der Waals surface area (Å²) in [5, 5.41) is 12.6. The van der Waals surface area contributed by atoms with Crippen LogP contribution in [-0.4, -0.2) is 24.9 Å². The van der Waals surface area contributed by atoms with Crippen molar-refractivity contribution in [3.8, 4) is 5.75 Å². The van der Waals surface area contributed by atoms with Crippen LogP contribution in [0, 0.1) is 5.92 Å². The number of hydrogen-bond acceptors (Lipinski definition) is 3. The molecule has 2 N–H and O–H groups in total. The second-order valence-electron chi connectivity index (χ2n) is 4.67. The Hall–Kier alpha value is -1.06. The molecule has 0 radical (unpaired) electrons. The van der Waals surface area contributed by atoms with Gasteiger partial charge in [0.15, 0.2) is 0 Å². The lowest BCUT2D eigenvalue weighted by Gasteiger charge is -2.14. The zero-order valence-electron chi connectivity index (χ0n) is 10.9. The van der Waals surface area contributed by atoms with Crippen molar-refractivity contribution in [2.24, 2.45) is 5.92 Å². The van der Waals surface area contributed by atoms with Gasteiger partial charge in [0.25, 0.3) is 0 Å². The highest BCUT2D eigenvalue weighted by Crippen LogP contribution is 2.11. The number of rotatable bonds is 7. The number of benzene rings is 1. The molecule has 0 aromatic heterocycles. The third-order valence-corrected chi connectivity index (χ3v) is 2.72. The molecule has 1 rings (SSSR count). The van der Waals surface area contributed by atoms with E-state index in [2.05, 4.69) is 24.4 Å². The lowest BCUT2D eigenvalue weighted by atomic mass is 10.0. The molecule has 0 aliphatic carbocycles. The van der Waals surface area contributed by atoms with E-state index in [1.807, 2.05) is 19.1 Å². The molecule has 0 bridgehead atoms. The van der Waals surface area contributed by atoms with Crippen LogP contribution in [-0.2, 0) is 6.54 Å². The highest BCUT2D eigenvalue weighted by atomic mass is 16.5. The van der Waals surface area contributed by atoms with Crippen LogP contribution in [0.2, 0.25) is 0 Å². The van der Waals surface area contributed by atoms with Crippen molar-refractivity contribution in [2.75, 3.05) is 13.7 Å². The molecule has 96 valence electrons. The van der Waals surface area contributed by atoms with E-state index in [0.717, 1.165) is 25.3 Å².